The Bertz CT molecular complexity index is 288. The van der Waals surface area contributed by atoms with Gasteiger partial charge in [-0.3, -0.25) is 9.59 Å². The predicted molar refractivity (Wildman–Crippen MR) is 76.9 cm³/mol. The summed E-state index contributed by atoms with van der Waals surface area (Å²) in [5.41, 5.74) is -0.409. The maximum atomic E-state index is 12.0. The quantitative estimate of drug-likeness (QED) is 0.712. The van der Waals surface area contributed by atoms with Gasteiger partial charge >= 0.3 is 5.97 Å². The minimum atomic E-state index is -0.898. The number of carbonyl (C=O) groups excluding carboxylic acids is 1. The molecule has 0 aliphatic carbocycles. The smallest absolute Gasteiger partial charge is 0.307 e. The van der Waals surface area contributed by atoms with E-state index < -0.39 is 17.3 Å². The molecule has 4 heteroatoms. The van der Waals surface area contributed by atoms with Gasteiger partial charge in [0.05, 0.1) is 5.92 Å². The van der Waals surface area contributed by atoms with Gasteiger partial charge in [0.15, 0.2) is 0 Å². The lowest BCUT2D eigenvalue weighted by atomic mass is 9.78. The van der Waals surface area contributed by atoms with Crippen molar-refractivity contribution in [3.05, 3.63) is 0 Å². The van der Waals surface area contributed by atoms with Gasteiger partial charge in [-0.05, 0) is 18.3 Å². The molecule has 0 unspecified atom stereocenters. The fourth-order valence-corrected chi connectivity index (χ4v) is 2.22. The van der Waals surface area contributed by atoms with Gasteiger partial charge in [-0.2, -0.15) is 0 Å². The summed E-state index contributed by atoms with van der Waals surface area (Å²) in [5.74, 6) is -1.68. The van der Waals surface area contributed by atoms with Crippen molar-refractivity contribution in [3.8, 4) is 0 Å². The van der Waals surface area contributed by atoms with Crippen molar-refractivity contribution in [2.75, 3.05) is 0 Å². The van der Waals surface area contributed by atoms with E-state index in [2.05, 4.69) is 19.2 Å². The molecule has 0 saturated heterocycles. The van der Waals surface area contributed by atoms with Crippen LogP contribution in [-0.4, -0.2) is 23.0 Å². The standard InChI is InChI=1S/C15H29NO3/c1-6-8-11(9-7-2)16-13(17)10-12(14(18)19)15(3,4)5/h11-12H,6-10H2,1-5H3,(H,16,17)(H,18,19)/t12-/m0/s1. The number of hydrogen-bond donors (Lipinski definition) is 2. The van der Waals surface area contributed by atoms with Crippen LogP contribution in [0.15, 0.2) is 0 Å². The van der Waals surface area contributed by atoms with Crippen molar-refractivity contribution in [1.82, 2.24) is 5.32 Å². The van der Waals surface area contributed by atoms with Gasteiger partial charge in [0.2, 0.25) is 5.91 Å². The summed E-state index contributed by atoms with van der Waals surface area (Å²) in [6, 6.07) is 0.178. The van der Waals surface area contributed by atoms with E-state index in [1.165, 1.54) is 0 Å². The van der Waals surface area contributed by atoms with Crippen molar-refractivity contribution in [2.24, 2.45) is 11.3 Å². The van der Waals surface area contributed by atoms with Gasteiger partial charge in [-0.15, -0.1) is 0 Å². The minimum absolute atomic E-state index is 0.0583. The number of amides is 1. The van der Waals surface area contributed by atoms with Gasteiger partial charge in [0.25, 0.3) is 0 Å². The normalized spacial score (nSPS) is 13.4. The Morgan fingerprint density at radius 3 is 1.89 bits per heavy atom. The lowest BCUT2D eigenvalue weighted by molar-refractivity contribution is -0.148. The Kier molecular flexibility index (Phi) is 7.72. The van der Waals surface area contributed by atoms with E-state index in [1.54, 1.807) is 0 Å². The second-order valence-corrected chi connectivity index (χ2v) is 6.30. The third-order valence-corrected chi connectivity index (χ3v) is 3.37. The first kappa shape index (κ1) is 17.9. The summed E-state index contributed by atoms with van der Waals surface area (Å²) in [5, 5.41) is 12.2. The number of nitrogens with one attached hydrogen (secondary N) is 1. The monoisotopic (exact) mass is 271 g/mol. The molecule has 0 spiro atoms. The molecule has 1 atom stereocenters. The first-order valence-corrected chi connectivity index (χ1v) is 7.24. The number of aliphatic carboxylic acids is 1. The molecule has 0 aromatic carbocycles. The molecule has 4 nitrogen and oxygen atoms in total. The van der Waals surface area contributed by atoms with Gasteiger partial charge < -0.3 is 10.4 Å². The maximum absolute atomic E-state index is 12.0. The number of hydrogen-bond acceptors (Lipinski definition) is 2. The molecule has 0 fully saturated rings. The molecule has 19 heavy (non-hydrogen) atoms. The topological polar surface area (TPSA) is 66.4 Å². The van der Waals surface area contributed by atoms with Gasteiger partial charge in [-0.1, -0.05) is 47.5 Å². The molecule has 1 amide bonds. The van der Waals surface area contributed by atoms with Crippen molar-refractivity contribution in [3.63, 3.8) is 0 Å². The molecule has 112 valence electrons. The number of carbonyl (C=O) groups is 2. The summed E-state index contributed by atoms with van der Waals surface area (Å²) in [4.78, 5) is 23.2. The number of carboxylic acid groups (broad SMARTS) is 1. The molecule has 0 aliphatic rings. The molecular formula is C15H29NO3. The molecule has 0 radical (unpaired) electrons. The van der Waals surface area contributed by atoms with E-state index >= 15 is 0 Å². The Morgan fingerprint density at radius 2 is 1.58 bits per heavy atom. The molecule has 0 heterocycles. The second kappa shape index (κ2) is 8.18. The second-order valence-electron chi connectivity index (χ2n) is 6.30. The van der Waals surface area contributed by atoms with Crippen LogP contribution in [0.2, 0.25) is 0 Å². The van der Waals surface area contributed by atoms with Crippen LogP contribution in [-0.2, 0) is 9.59 Å². The van der Waals surface area contributed by atoms with Crippen molar-refractivity contribution < 1.29 is 14.7 Å². The third kappa shape index (κ3) is 7.19. The molecule has 0 rings (SSSR count). The molecule has 0 saturated carbocycles. The van der Waals surface area contributed by atoms with Crippen LogP contribution < -0.4 is 5.32 Å². The average molecular weight is 271 g/mol. The van der Waals surface area contributed by atoms with Crippen LogP contribution in [0.25, 0.3) is 0 Å². The van der Waals surface area contributed by atoms with Crippen LogP contribution in [0.3, 0.4) is 0 Å². The number of carboxylic acids is 1. The van der Waals surface area contributed by atoms with Crippen molar-refractivity contribution in [1.29, 1.82) is 0 Å². The van der Waals surface area contributed by atoms with Gasteiger partial charge in [-0.25, -0.2) is 0 Å². The van der Waals surface area contributed by atoms with Crippen LogP contribution in [0.1, 0.15) is 66.7 Å². The Morgan fingerprint density at radius 1 is 1.11 bits per heavy atom. The third-order valence-electron chi connectivity index (χ3n) is 3.37. The van der Waals surface area contributed by atoms with E-state index in [1.807, 2.05) is 20.8 Å². The van der Waals surface area contributed by atoms with Gasteiger partial charge in [0, 0.05) is 12.5 Å². The first-order chi connectivity index (χ1) is 8.72. The number of rotatable bonds is 8. The van der Waals surface area contributed by atoms with Crippen molar-refractivity contribution >= 4 is 11.9 Å². The van der Waals surface area contributed by atoms with Crippen LogP contribution in [0, 0.1) is 11.3 Å². The van der Waals surface area contributed by atoms with E-state index in [4.69, 9.17) is 0 Å². The van der Waals surface area contributed by atoms with Crippen molar-refractivity contribution in [2.45, 2.75) is 72.8 Å². The molecule has 0 bridgehead atoms. The Hall–Kier alpha value is -1.06. The average Bonchev–Trinajstić information content (AvgIpc) is 2.24. The largest absolute Gasteiger partial charge is 0.481 e. The zero-order chi connectivity index (χ0) is 15.1. The van der Waals surface area contributed by atoms with E-state index in [-0.39, 0.29) is 18.4 Å². The zero-order valence-corrected chi connectivity index (χ0v) is 13.0. The summed E-state index contributed by atoms with van der Waals surface area (Å²) in [6.07, 6.45) is 4.00. The van der Waals surface area contributed by atoms with E-state index in [0.29, 0.717) is 0 Å². The van der Waals surface area contributed by atoms with Crippen LogP contribution >= 0.6 is 0 Å². The van der Waals surface area contributed by atoms with Gasteiger partial charge in [0.1, 0.15) is 0 Å². The summed E-state index contributed by atoms with van der Waals surface area (Å²) in [6.45, 7) is 9.74. The summed E-state index contributed by atoms with van der Waals surface area (Å²) < 4.78 is 0. The fraction of sp³-hybridized carbons (Fsp3) is 0.867. The molecule has 2 N–H and O–H groups in total. The Labute approximate surface area is 117 Å². The minimum Gasteiger partial charge on any atom is -0.481 e. The van der Waals surface area contributed by atoms with E-state index in [9.17, 15) is 14.7 Å². The lowest BCUT2D eigenvalue weighted by Gasteiger charge is -2.27. The van der Waals surface area contributed by atoms with Crippen LogP contribution in [0.5, 0.6) is 0 Å². The molecule has 0 aliphatic heterocycles. The summed E-state index contributed by atoms with van der Waals surface area (Å²) in [7, 11) is 0. The first-order valence-electron chi connectivity index (χ1n) is 7.24. The highest BCUT2D eigenvalue weighted by Crippen LogP contribution is 2.29. The zero-order valence-electron chi connectivity index (χ0n) is 13.0. The molecular weight excluding hydrogens is 242 g/mol. The van der Waals surface area contributed by atoms with Crippen LogP contribution in [0.4, 0.5) is 0 Å². The molecule has 0 aromatic heterocycles. The molecule has 0 aromatic rings. The highest BCUT2D eigenvalue weighted by Gasteiger charge is 2.33. The lowest BCUT2D eigenvalue weighted by Crippen LogP contribution is -2.39. The van der Waals surface area contributed by atoms with E-state index in [0.717, 1.165) is 25.7 Å². The highest BCUT2D eigenvalue weighted by molar-refractivity contribution is 5.82. The Balaban J connectivity index is 4.52. The fourth-order valence-electron chi connectivity index (χ4n) is 2.22. The predicted octanol–water partition coefficient (Wildman–Crippen LogP) is 3.21. The summed E-state index contributed by atoms with van der Waals surface area (Å²) >= 11 is 0. The SMILES string of the molecule is CCCC(CCC)NC(=O)C[C@@H](C(=O)O)C(C)(C)C. The highest BCUT2D eigenvalue weighted by atomic mass is 16.4. The maximum Gasteiger partial charge on any atom is 0.307 e.